The van der Waals surface area contributed by atoms with Crippen molar-refractivity contribution in [2.75, 3.05) is 7.05 Å². The summed E-state index contributed by atoms with van der Waals surface area (Å²) in [5.41, 5.74) is 2.03. The van der Waals surface area contributed by atoms with E-state index in [0.29, 0.717) is 6.04 Å². The van der Waals surface area contributed by atoms with E-state index in [2.05, 4.69) is 11.9 Å². The van der Waals surface area contributed by atoms with Crippen molar-refractivity contribution >= 4 is 5.78 Å². The number of carbonyl (C=O) groups excluding carboxylic acids is 1. The summed E-state index contributed by atoms with van der Waals surface area (Å²) in [7, 11) is 2.09. The fourth-order valence-corrected chi connectivity index (χ4v) is 2.77. The molecule has 0 aliphatic heterocycles. The maximum Gasteiger partial charge on any atom is 0.179 e. The molecule has 1 aromatic rings. The highest BCUT2D eigenvalue weighted by atomic mass is 16.1. The van der Waals surface area contributed by atoms with Crippen LogP contribution in [0, 0.1) is 6.92 Å². The van der Waals surface area contributed by atoms with Crippen LogP contribution in [0.2, 0.25) is 0 Å². The van der Waals surface area contributed by atoms with Crippen LogP contribution in [0.4, 0.5) is 0 Å². The standard InChI is InChI=1S/C16H23NO/c1-12-8-10-14(11-9-12)16(18)13(2)17(3)15-6-4-5-7-15/h8-11,13,15H,4-7H2,1-3H3. The molecular formula is C16H23NO. The van der Waals surface area contributed by atoms with Crippen LogP contribution in [0.1, 0.15) is 48.5 Å². The molecule has 18 heavy (non-hydrogen) atoms. The highest BCUT2D eigenvalue weighted by Gasteiger charge is 2.27. The molecule has 0 saturated heterocycles. The van der Waals surface area contributed by atoms with E-state index in [1.165, 1.54) is 31.2 Å². The Hall–Kier alpha value is -1.15. The lowest BCUT2D eigenvalue weighted by Gasteiger charge is -2.29. The summed E-state index contributed by atoms with van der Waals surface area (Å²) in [4.78, 5) is 14.7. The minimum Gasteiger partial charge on any atom is -0.294 e. The van der Waals surface area contributed by atoms with Crippen LogP contribution in [0.3, 0.4) is 0 Å². The molecule has 1 atom stereocenters. The Morgan fingerprint density at radius 1 is 1.22 bits per heavy atom. The van der Waals surface area contributed by atoms with Gasteiger partial charge in [0.15, 0.2) is 5.78 Å². The van der Waals surface area contributed by atoms with Gasteiger partial charge in [-0.3, -0.25) is 9.69 Å². The van der Waals surface area contributed by atoms with E-state index in [0.717, 1.165) is 5.56 Å². The fraction of sp³-hybridized carbons (Fsp3) is 0.562. The molecule has 0 heterocycles. The first-order valence-electron chi connectivity index (χ1n) is 6.92. The Labute approximate surface area is 110 Å². The van der Waals surface area contributed by atoms with Gasteiger partial charge in [0.05, 0.1) is 6.04 Å². The average Bonchev–Trinajstić information content (AvgIpc) is 2.91. The largest absolute Gasteiger partial charge is 0.294 e. The fourth-order valence-electron chi connectivity index (χ4n) is 2.77. The van der Waals surface area contributed by atoms with Gasteiger partial charge < -0.3 is 0 Å². The lowest BCUT2D eigenvalue weighted by atomic mass is 10.0. The van der Waals surface area contributed by atoms with Crippen molar-refractivity contribution in [1.82, 2.24) is 4.90 Å². The molecule has 0 amide bonds. The topological polar surface area (TPSA) is 20.3 Å². The minimum absolute atomic E-state index is 0.0178. The summed E-state index contributed by atoms with van der Waals surface area (Å²) in [6.45, 7) is 4.07. The van der Waals surface area contributed by atoms with Gasteiger partial charge in [-0.1, -0.05) is 42.7 Å². The van der Waals surface area contributed by atoms with Crippen molar-refractivity contribution in [3.05, 3.63) is 35.4 Å². The van der Waals surface area contributed by atoms with Gasteiger partial charge >= 0.3 is 0 Å². The molecule has 0 bridgehead atoms. The lowest BCUT2D eigenvalue weighted by molar-refractivity contribution is 0.0819. The molecule has 1 aromatic carbocycles. The molecule has 0 aromatic heterocycles. The summed E-state index contributed by atoms with van der Waals surface area (Å²) >= 11 is 0. The number of rotatable bonds is 4. The number of likely N-dealkylation sites (N-methyl/N-ethyl adjacent to an activating group) is 1. The van der Waals surface area contributed by atoms with Gasteiger partial charge in [-0.15, -0.1) is 0 Å². The number of hydrogen-bond donors (Lipinski definition) is 0. The van der Waals surface area contributed by atoms with Crippen LogP contribution in [0.5, 0.6) is 0 Å². The average molecular weight is 245 g/mol. The second kappa shape index (κ2) is 5.66. The Balaban J connectivity index is 2.05. The quantitative estimate of drug-likeness (QED) is 0.757. The highest BCUT2D eigenvalue weighted by Crippen LogP contribution is 2.24. The lowest BCUT2D eigenvalue weighted by Crippen LogP contribution is -2.41. The predicted molar refractivity (Wildman–Crippen MR) is 75.0 cm³/mol. The number of nitrogens with zero attached hydrogens (tertiary/aromatic N) is 1. The van der Waals surface area contributed by atoms with Crippen LogP contribution >= 0.6 is 0 Å². The molecule has 2 heteroatoms. The van der Waals surface area contributed by atoms with Gasteiger partial charge in [0, 0.05) is 11.6 Å². The summed E-state index contributed by atoms with van der Waals surface area (Å²) in [6, 6.07) is 8.48. The number of Topliss-reactive ketones (excluding diaryl/α,β-unsaturated/α-hetero) is 1. The second-order valence-corrected chi connectivity index (χ2v) is 5.51. The first-order valence-corrected chi connectivity index (χ1v) is 6.92. The van der Waals surface area contributed by atoms with E-state index in [1.807, 2.05) is 38.1 Å². The predicted octanol–water partition coefficient (Wildman–Crippen LogP) is 3.44. The Morgan fingerprint density at radius 2 is 1.78 bits per heavy atom. The molecule has 1 aliphatic carbocycles. The first-order chi connectivity index (χ1) is 8.59. The van der Waals surface area contributed by atoms with E-state index >= 15 is 0 Å². The van der Waals surface area contributed by atoms with Gasteiger partial charge in [0.2, 0.25) is 0 Å². The maximum absolute atomic E-state index is 12.4. The summed E-state index contributed by atoms with van der Waals surface area (Å²) in [5.74, 6) is 0.240. The Morgan fingerprint density at radius 3 is 2.33 bits per heavy atom. The van der Waals surface area contributed by atoms with Gasteiger partial charge in [-0.25, -0.2) is 0 Å². The zero-order valence-electron chi connectivity index (χ0n) is 11.6. The molecule has 1 saturated carbocycles. The summed E-state index contributed by atoms with van der Waals surface area (Å²) in [5, 5.41) is 0. The van der Waals surface area contributed by atoms with Crippen LogP contribution in [0.25, 0.3) is 0 Å². The third-order valence-corrected chi connectivity index (χ3v) is 4.23. The number of benzene rings is 1. The van der Waals surface area contributed by atoms with Gasteiger partial charge in [0.25, 0.3) is 0 Å². The molecule has 1 fully saturated rings. The van der Waals surface area contributed by atoms with E-state index in [9.17, 15) is 4.79 Å². The Kier molecular flexibility index (Phi) is 4.18. The van der Waals surface area contributed by atoms with Crippen molar-refractivity contribution < 1.29 is 4.79 Å². The molecule has 0 radical (unpaired) electrons. The van der Waals surface area contributed by atoms with E-state index in [1.54, 1.807) is 0 Å². The highest BCUT2D eigenvalue weighted by molar-refractivity contribution is 5.99. The van der Waals surface area contributed by atoms with E-state index in [-0.39, 0.29) is 11.8 Å². The van der Waals surface area contributed by atoms with Crippen molar-refractivity contribution in [3.8, 4) is 0 Å². The number of carbonyl (C=O) groups is 1. The summed E-state index contributed by atoms with van der Waals surface area (Å²) < 4.78 is 0. The zero-order valence-corrected chi connectivity index (χ0v) is 11.6. The monoisotopic (exact) mass is 245 g/mol. The second-order valence-electron chi connectivity index (χ2n) is 5.51. The van der Waals surface area contributed by atoms with Crippen LogP contribution in [-0.4, -0.2) is 29.8 Å². The molecule has 2 rings (SSSR count). The van der Waals surface area contributed by atoms with Crippen LogP contribution < -0.4 is 0 Å². The van der Waals surface area contributed by atoms with Crippen molar-refractivity contribution in [3.63, 3.8) is 0 Å². The summed E-state index contributed by atoms with van der Waals surface area (Å²) in [6.07, 6.45) is 5.09. The first kappa shape index (κ1) is 13.3. The van der Waals surface area contributed by atoms with Gasteiger partial charge in [0.1, 0.15) is 0 Å². The minimum atomic E-state index is -0.0178. The van der Waals surface area contributed by atoms with Crippen molar-refractivity contribution in [1.29, 1.82) is 0 Å². The van der Waals surface area contributed by atoms with Gasteiger partial charge in [-0.05, 0) is 33.7 Å². The molecule has 98 valence electrons. The van der Waals surface area contributed by atoms with Crippen LogP contribution in [-0.2, 0) is 0 Å². The van der Waals surface area contributed by atoms with E-state index in [4.69, 9.17) is 0 Å². The molecule has 1 aliphatic rings. The molecule has 2 nitrogen and oxygen atoms in total. The molecule has 1 unspecified atom stereocenters. The number of hydrogen-bond acceptors (Lipinski definition) is 2. The Bertz CT molecular complexity index is 404. The molecule has 0 N–H and O–H groups in total. The number of aryl methyl sites for hydroxylation is 1. The number of ketones is 1. The third kappa shape index (κ3) is 2.81. The van der Waals surface area contributed by atoms with Gasteiger partial charge in [-0.2, -0.15) is 0 Å². The zero-order chi connectivity index (χ0) is 13.1. The molecular weight excluding hydrogens is 222 g/mol. The SMILES string of the molecule is Cc1ccc(C(=O)C(C)N(C)C2CCCC2)cc1. The molecule has 0 spiro atoms. The van der Waals surface area contributed by atoms with E-state index < -0.39 is 0 Å². The third-order valence-electron chi connectivity index (χ3n) is 4.23. The van der Waals surface area contributed by atoms with Crippen molar-refractivity contribution in [2.45, 2.75) is 51.6 Å². The smallest absolute Gasteiger partial charge is 0.179 e. The van der Waals surface area contributed by atoms with Crippen molar-refractivity contribution in [2.24, 2.45) is 0 Å². The normalized spacial score (nSPS) is 18.2. The van der Waals surface area contributed by atoms with Crippen LogP contribution in [0.15, 0.2) is 24.3 Å². The maximum atomic E-state index is 12.4.